The number of Topliss-reactive ketones (excluding diaryl/α,β-unsaturated/α-hetero) is 1. The second-order valence-electron chi connectivity index (χ2n) is 5.54. The Kier molecular flexibility index (Phi) is 5.35. The van der Waals surface area contributed by atoms with Crippen LogP contribution in [0.1, 0.15) is 20.3 Å². The highest BCUT2D eigenvalue weighted by Crippen LogP contribution is 2.28. The van der Waals surface area contributed by atoms with Crippen LogP contribution in [0, 0.1) is 11.8 Å². The van der Waals surface area contributed by atoms with Crippen LogP contribution in [0.2, 0.25) is 0 Å². The molecule has 0 aromatic heterocycles. The topological polar surface area (TPSA) is 38.3 Å². The summed E-state index contributed by atoms with van der Waals surface area (Å²) in [4.78, 5) is 12.2. The van der Waals surface area contributed by atoms with Crippen LogP contribution in [-0.2, 0) is 4.79 Å². The van der Waals surface area contributed by atoms with E-state index in [4.69, 9.17) is 4.74 Å². The maximum absolute atomic E-state index is 12.2. The van der Waals surface area contributed by atoms with E-state index in [9.17, 15) is 4.79 Å². The summed E-state index contributed by atoms with van der Waals surface area (Å²) in [5.41, 5.74) is 1.05. The molecule has 0 aliphatic carbocycles. The quantitative estimate of drug-likeness (QED) is 0.902. The first-order valence-corrected chi connectivity index (χ1v) is 8.28. The number of rotatable bonds is 5. The second kappa shape index (κ2) is 7.02. The molecular formula is C16H23NO2S. The smallest absolute Gasteiger partial charge is 0.139 e. The highest BCUT2D eigenvalue weighted by atomic mass is 32.2. The van der Waals surface area contributed by atoms with E-state index >= 15 is 0 Å². The highest BCUT2D eigenvalue weighted by molar-refractivity contribution is 7.99. The number of carbonyl (C=O) groups is 1. The molecule has 1 aromatic carbocycles. The van der Waals surface area contributed by atoms with E-state index in [2.05, 4.69) is 19.2 Å². The van der Waals surface area contributed by atoms with Gasteiger partial charge >= 0.3 is 0 Å². The molecule has 0 radical (unpaired) electrons. The molecule has 2 rings (SSSR count). The molecule has 1 N–H and O–H groups in total. The largest absolute Gasteiger partial charge is 0.497 e. The van der Waals surface area contributed by atoms with Gasteiger partial charge in [0.15, 0.2) is 0 Å². The zero-order valence-corrected chi connectivity index (χ0v) is 13.2. The van der Waals surface area contributed by atoms with Crippen molar-refractivity contribution in [1.29, 1.82) is 0 Å². The fourth-order valence-corrected chi connectivity index (χ4v) is 3.74. The van der Waals surface area contributed by atoms with E-state index in [0.717, 1.165) is 22.9 Å². The molecule has 2 atom stereocenters. The normalized spacial score (nSPS) is 20.8. The maximum atomic E-state index is 12.2. The summed E-state index contributed by atoms with van der Waals surface area (Å²) in [6.45, 7) is 4.35. The molecule has 1 aliphatic rings. The number of nitrogens with one attached hydrogen (secondary N) is 1. The zero-order chi connectivity index (χ0) is 14.5. The number of benzene rings is 1. The molecule has 0 spiro atoms. The lowest BCUT2D eigenvalue weighted by Gasteiger charge is -2.33. The maximum Gasteiger partial charge on any atom is 0.139 e. The van der Waals surface area contributed by atoms with Gasteiger partial charge in [0.25, 0.3) is 0 Å². The van der Waals surface area contributed by atoms with Crippen LogP contribution in [0.25, 0.3) is 0 Å². The van der Waals surface area contributed by atoms with E-state index < -0.39 is 0 Å². The summed E-state index contributed by atoms with van der Waals surface area (Å²) in [7, 11) is 1.66. The number of anilines is 1. The van der Waals surface area contributed by atoms with Gasteiger partial charge in [0, 0.05) is 35.6 Å². The lowest BCUT2D eigenvalue weighted by Crippen LogP contribution is -2.41. The Morgan fingerprint density at radius 2 is 2.00 bits per heavy atom. The minimum Gasteiger partial charge on any atom is -0.497 e. The molecule has 1 saturated heterocycles. The van der Waals surface area contributed by atoms with Crippen LogP contribution < -0.4 is 10.1 Å². The number of thioether (sulfide) groups is 1. The van der Waals surface area contributed by atoms with Crippen LogP contribution >= 0.6 is 11.8 Å². The Labute approximate surface area is 125 Å². The van der Waals surface area contributed by atoms with Crippen molar-refractivity contribution < 1.29 is 9.53 Å². The van der Waals surface area contributed by atoms with Crippen molar-refractivity contribution >= 4 is 23.2 Å². The van der Waals surface area contributed by atoms with Crippen molar-refractivity contribution in [3.63, 3.8) is 0 Å². The van der Waals surface area contributed by atoms with Crippen LogP contribution in [0.5, 0.6) is 5.75 Å². The number of methoxy groups -OCH3 is 1. The van der Waals surface area contributed by atoms with Crippen LogP contribution in [-0.4, -0.2) is 30.4 Å². The van der Waals surface area contributed by atoms with Crippen LogP contribution in [0.3, 0.4) is 0 Å². The van der Waals surface area contributed by atoms with Gasteiger partial charge < -0.3 is 10.1 Å². The number of hydrogen-bond acceptors (Lipinski definition) is 4. The number of ether oxygens (including phenoxy) is 1. The van der Waals surface area contributed by atoms with E-state index in [0.29, 0.717) is 18.1 Å². The van der Waals surface area contributed by atoms with Gasteiger partial charge in [-0.1, -0.05) is 13.8 Å². The van der Waals surface area contributed by atoms with Crippen molar-refractivity contribution in [2.24, 2.45) is 11.8 Å². The molecule has 0 amide bonds. The molecular weight excluding hydrogens is 270 g/mol. The molecule has 1 unspecified atom stereocenters. The summed E-state index contributed by atoms with van der Waals surface area (Å²) in [6, 6.07) is 8.10. The first-order chi connectivity index (χ1) is 9.61. The van der Waals surface area contributed by atoms with Gasteiger partial charge in [-0.3, -0.25) is 4.79 Å². The minimum absolute atomic E-state index is 0.121. The molecule has 1 heterocycles. The molecule has 1 fully saturated rings. The summed E-state index contributed by atoms with van der Waals surface area (Å²) in [5.74, 6) is 3.71. The average Bonchev–Trinajstić information content (AvgIpc) is 2.46. The molecule has 0 bridgehead atoms. The van der Waals surface area contributed by atoms with Crippen LogP contribution in [0.4, 0.5) is 5.69 Å². The Morgan fingerprint density at radius 1 is 1.30 bits per heavy atom. The van der Waals surface area contributed by atoms with Gasteiger partial charge in [0.05, 0.1) is 7.11 Å². The third kappa shape index (κ3) is 3.69. The second-order valence-corrected chi connectivity index (χ2v) is 6.69. The molecule has 1 aliphatic heterocycles. The van der Waals surface area contributed by atoms with Crippen molar-refractivity contribution in [1.82, 2.24) is 0 Å². The standard InChI is InChI=1S/C16H23NO2S/c1-11(2)16(14-10-20-9-8-15(14)18)17-12-4-6-13(19-3)7-5-12/h4-7,11,14,16-17H,8-10H2,1-3H3/t14?,16-/m1/s1. The monoisotopic (exact) mass is 293 g/mol. The predicted octanol–water partition coefficient (Wildman–Crippen LogP) is 3.45. The van der Waals surface area contributed by atoms with Gasteiger partial charge in [0.1, 0.15) is 11.5 Å². The molecule has 0 saturated carbocycles. The fraction of sp³-hybridized carbons (Fsp3) is 0.562. The van der Waals surface area contributed by atoms with Crippen LogP contribution in [0.15, 0.2) is 24.3 Å². The zero-order valence-electron chi connectivity index (χ0n) is 12.4. The van der Waals surface area contributed by atoms with Crippen molar-refractivity contribution in [3.05, 3.63) is 24.3 Å². The fourth-order valence-electron chi connectivity index (χ4n) is 2.58. The van der Waals surface area contributed by atoms with Crippen molar-refractivity contribution in [3.8, 4) is 5.75 Å². The number of carbonyl (C=O) groups excluding carboxylic acids is 1. The first-order valence-electron chi connectivity index (χ1n) is 7.13. The summed E-state index contributed by atoms with van der Waals surface area (Å²) in [6.07, 6.45) is 0.711. The van der Waals surface area contributed by atoms with E-state index in [1.807, 2.05) is 36.0 Å². The Hall–Kier alpha value is -1.16. The highest BCUT2D eigenvalue weighted by Gasteiger charge is 2.32. The third-order valence-electron chi connectivity index (χ3n) is 3.78. The van der Waals surface area contributed by atoms with Gasteiger partial charge in [-0.15, -0.1) is 0 Å². The molecule has 1 aromatic rings. The van der Waals surface area contributed by atoms with Gasteiger partial charge in [-0.25, -0.2) is 0 Å². The minimum atomic E-state index is 0.121. The number of hydrogen-bond donors (Lipinski definition) is 1. The first kappa shape index (κ1) is 15.2. The molecule has 3 nitrogen and oxygen atoms in total. The lowest BCUT2D eigenvalue weighted by atomic mass is 9.87. The third-order valence-corrected chi connectivity index (χ3v) is 4.87. The van der Waals surface area contributed by atoms with E-state index in [1.165, 1.54) is 0 Å². The summed E-state index contributed by atoms with van der Waals surface area (Å²) >= 11 is 1.89. The molecule has 4 heteroatoms. The van der Waals surface area contributed by atoms with E-state index in [-0.39, 0.29) is 12.0 Å². The average molecular weight is 293 g/mol. The van der Waals surface area contributed by atoms with E-state index in [1.54, 1.807) is 7.11 Å². The number of ketones is 1. The summed E-state index contributed by atoms with van der Waals surface area (Å²) < 4.78 is 5.17. The van der Waals surface area contributed by atoms with Gasteiger partial charge in [-0.05, 0) is 30.2 Å². The SMILES string of the molecule is COc1ccc(N[C@H](C(C)C)C2CSCCC2=O)cc1. The lowest BCUT2D eigenvalue weighted by molar-refractivity contribution is -0.122. The Morgan fingerprint density at radius 3 is 2.55 bits per heavy atom. The Bertz CT molecular complexity index is 444. The van der Waals surface area contributed by atoms with Gasteiger partial charge in [-0.2, -0.15) is 11.8 Å². The molecule has 20 heavy (non-hydrogen) atoms. The summed E-state index contributed by atoms with van der Waals surface area (Å²) in [5, 5.41) is 3.54. The predicted molar refractivity (Wildman–Crippen MR) is 85.7 cm³/mol. The van der Waals surface area contributed by atoms with Gasteiger partial charge in [0.2, 0.25) is 0 Å². The van der Waals surface area contributed by atoms with Crippen molar-refractivity contribution in [2.45, 2.75) is 26.3 Å². The molecule has 110 valence electrons. The Balaban J connectivity index is 2.09. The van der Waals surface area contributed by atoms with Crippen molar-refractivity contribution in [2.75, 3.05) is 23.9 Å².